The average Bonchev–Trinajstić information content (AvgIpc) is 2.78. The molecule has 0 spiro atoms. The maximum Gasteiger partial charge on any atom is 0.305 e. The summed E-state index contributed by atoms with van der Waals surface area (Å²) < 4.78 is 11.9. The standard InChI is InChI=1S/C25H33NO4/c1-2-26-15-11-22(12-16-26)25-21(13-17-29-18-14-24(27)28)9-6-10-23(25)30-19-20-7-4-3-5-8-20/h3-10,22H,2,11-19H2,1H3,(H,27,28). The summed E-state index contributed by atoms with van der Waals surface area (Å²) in [5, 5.41) is 8.77. The lowest BCUT2D eigenvalue weighted by Gasteiger charge is -2.33. The van der Waals surface area contributed by atoms with Crippen molar-refractivity contribution in [3.8, 4) is 5.75 Å². The first-order chi connectivity index (χ1) is 14.7. The summed E-state index contributed by atoms with van der Waals surface area (Å²) >= 11 is 0. The van der Waals surface area contributed by atoms with Crippen LogP contribution in [0.4, 0.5) is 0 Å². The maximum atomic E-state index is 10.7. The van der Waals surface area contributed by atoms with Crippen molar-refractivity contribution in [3.05, 3.63) is 65.2 Å². The molecule has 2 aromatic rings. The summed E-state index contributed by atoms with van der Waals surface area (Å²) in [5.41, 5.74) is 3.73. The Morgan fingerprint density at radius 1 is 1.07 bits per heavy atom. The number of carbonyl (C=O) groups is 1. The fraction of sp³-hybridized carbons (Fsp3) is 0.480. The van der Waals surface area contributed by atoms with Crippen LogP contribution in [0.25, 0.3) is 0 Å². The molecule has 1 aliphatic heterocycles. The van der Waals surface area contributed by atoms with E-state index in [1.54, 1.807) is 0 Å². The molecule has 0 aromatic heterocycles. The first-order valence-corrected chi connectivity index (χ1v) is 11.0. The van der Waals surface area contributed by atoms with Crippen LogP contribution in [0, 0.1) is 0 Å². The van der Waals surface area contributed by atoms with E-state index in [2.05, 4.69) is 42.2 Å². The molecule has 0 saturated carbocycles. The van der Waals surface area contributed by atoms with E-state index in [1.807, 2.05) is 18.2 Å². The molecule has 0 aliphatic carbocycles. The van der Waals surface area contributed by atoms with Crippen LogP contribution < -0.4 is 4.74 Å². The number of rotatable bonds is 11. The van der Waals surface area contributed by atoms with Crippen LogP contribution in [0.15, 0.2) is 48.5 Å². The largest absolute Gasteiger partial charge is 0.489 e. The number of hydrogen-bond donors (Lipinski definition) is 1. The molecule has 0 unspecified atom stereocenters. The highest BCUT2D eigenvalue weighted by Gasteiger charge is 2.25. The van der Waals surface area contributed by atoms with Gasteiger partial charge in [0.15, 0.2) is 0 Å². The van der Waals surface area contributed by atoms with Crippen molar-refractivity contribution in [1.82, 2.24) is 4.90 Å². The molecule has 1 N–H and O–H groups in total. The quantitative estimate of drug-likeness (QED) is 0.552. The Hall–Kier alpha value is -2.37. The summed E-state index contributed by atoms with van der Waals surface area (Å²) in [5.74, 6) is 0.625. The number of likely N-dealkylation sites (tertiary alicyclic amines) is 1. The lowest BCUT2D eigenvalue weighted by atomic mass is 9.85. The minimum Gasteiger partial charge on any atom is -0.489 e. The van der Waals surface area contributed by atoms with Crippen LogP contribution in [0.5, 0.6) is 5.75 Å². The molecule has 0 atom stereocenters. The summed E-state index contributed by atoms with van der Waals surface area (Å²) in [6.45, 7) is 6.88. The van der Waals surface area contributed by atoms with Crippen molar-refractivity contribution in [2.24, 2.45) is 0 Å². The third-order valence-corrected chi connectivity index (χ3v) is 5.81. The summed E-state index contributed by atoms with van der Waals surface area (Å²) in [6.07, 6.45) is 3.08. The molecule has 0 radical (unpaired) electrons. The highest BCUT2D eigenvalue weighted by molar-refractivity contribution is 5.66. The molecule has 0 bridgehead atoms. The monoisotopic (exact) mass is 411 g/mol. The van der Waals surface area contributed by atoms with E-state index in [4.69, 9.17) is 14.6 Å². The lowest BCUT2D eigenvalue weighted by molar-refractivity contribution is -0.138. The van der Waals surface area contributed by atoms with Crippen molar-refractivity contribution in [2.45, 2.75) is 45.1 Å². The predicted octanol–water partition coefficient (Wildman–Crippen LogP) is 4.50. The van der Waals surface area contributed by atoms with E-state index in [-0.39, 0.29) is 13.0 Å². The molecule has 5 heteroatoms. The molecule has 1 fully saturated rings. The molecule has 5 nitrogen and oxygen atoms in total. The summed E-state index contributed by atoms with van der Waals surface area (Å²) in [4.78, 5) is 13.2. The molecular formula is C25H33NO4. The van der Waals surface area contributed by atoms with Crippen LogP contribution in [0.1, 0.15) is 48.8 Å². The van der Waals surface area contributed by atoms with Gasteiger partial charge in [-0.25, -0.2) is 0 Å². The number of ether oxygens (including phenoxy) is 2. The van der Waals surface area contributed by atoms with Crippen molar-refractivity contribution in [1.29, 1.82) is 0 Å². The second kappa shape index (κ2) is 11.7. The predicted molar refractivity (Wildman–Crippen MR) is 118 cm³/mol. The minimum absolute atomic E-state index is 0.0442. The van der Waals surface area contributed by atoms with Crippen LogP contribution >= 0.6 is 0 Å². The van der Waals surface area contributed by atoms with Crippen LogP contribution in [0.2, 0.25) is 0 Å². The van der Waals surface area contributed by atoms with Gasteiger partial charge in [0.05, 0.1) is 19.6 Å². The third-order valence-electron chi connectivity index (χ3n) is 5.81. The van der Waals surface area contributed by atoms with Gasteiger partial charge in [0.1, 0.15) is 12.4 Å². The SMILES string of the molecule is CCN1CCC(c2c(CCOCCC(=O)O)cccc2OCc2ccccc2)CC1. The smallest absolute Gasteiger partial charge is 0.305 e. The second-order valence-corrected chi connectivity index (χ2v) is 7.82. The molecule has 2 aromatic carbocycles. The molecule has 1 saturated heterocycles. The molecule has 30 heavy (non-hydrogen) atoms. The Bertz CT molecular complexity index is 785. The molecule has 162 valence electrons. The van der Waals surface area contributed by atoms with Gasteiger partial charge in [-0.3, -0.25) is 4.79 Å². The van der Waals surface area contributed by atoms with Gasteiger partial charge in [0.2, 0.25) is 0 Å². The molecule has 0 amide bonds. The average molecular weight is 412 g/mol. The zero-order valence-electron chi connectivity index (χ0n) is 17.9. The van der Waals surface area contributed by atoms with Crippen LogP contribution in [-0.4, -0.2) is 48.8 Å². The number of piperidine rings is 1. The van der Waals surface area contributed by atoms with Crippen LogP contribution in [0.3, 0.4) is 0 Å². The highest BCUT2D eigenvalue weighted by atomic mass is 16.5. The first kappa shape index (κ1) is 22.3. The van der Waals surface area contributed by atoms with Gasteiger partial charge in [-0.2, -0.15) is 0 Å². The Morgan fingerprint density at radius 2 is 1.83 bits per heavy atom. The van der Waals surface area contributed by atoms with Gasteiger partial charge in [0.25, 0.3) is 0 Å². The third kappa shape index (κ3) is 6.57. The van der Waals surface area contributed by atoms with Gasteiger partial charge >= 0.3 is 5.97 Å². The van der Waals surface area contributed by atoms with Gasteiger partial charge in [0, 0.05) is 5.56 Å². The molecule has 1 aliphatic rings. The Kier molecular flexibility index (Phi) is 8.72. The minimum atomic E-state index is -0.824. The van der Waals surface area contributed by atoms with Crippen molar-refractivity contribution < 1.29 is 19.4 Å². The Labute approximate surface area is 179 Å². The molecule has 3 rings (SSSR count). The van der Waals surface area contributed by atoms with E-state index in [0.29, 0.717) is 19.1 Å². The van der Waals surface area contributed by atoms with Gasteiger partial charge in [-0.05, 0) is 62.0 Å². The topological polar surface area (TPSA) is 59.0 Å². The zero-order valence-corrected chi connectivity index (χ0v) is 17.9. The number of carboxylic acids is 1. The van der Waals surface area contributed by atoms with E-state index in [0.717, 1.165) is 50.2 Å². The van der Waals surface area contributed by atoms with Crippen molar-refractivity contribution in [3.63, 3.8) is 0 Å². The van der Waals surface area contributed by atoms with Crippen LogP contribution in [-0.2, 0) is 22.6 Å². The van der Waals surface area contributed by atoms with Crippen molar-refractivity contribution >= 4 is 5.97 Å². The first-order valence-electron chi connectivity index (χ1n) is 11.0. The maximum absolute atomic E-state index is 10.7. The number of benzene rings is 2. The van der Waals surface area contributed by atoms with E-state index in [1.165, 1.54) is 11.1 Å². The lowest BCUT2D eigenvalue weighted by Crippen LogP contribution is -2.33. The van der Waals surface area contributed by atoms with Gasteiger partial charge < -0.3 is 19.5 Å². The second-order valence-electron chi connectivity index (χ2n) is 7.82. The number of aliphatic carboxylic acids is 1. The fourth-order valence-electron chi connectivity index (χ4n) is 4.11. The number of hydrogen-bond acceptors (Lipinski definition) is 4. The van der Waals surface area contributed by atoms with E-state index >= 15 is 0 Å². The van der Waals surface area contributed by atoms with Gasteiger partial charge in [-0.1, -0.05) is 49.4 Å². The van der Waals surface area contributed by atoms with Gasteiger partial charge in [-0.15, -0.1) is 0 Å². The highest BCUT2D eigenvalue weighted by Crippen LogP contribution is 2.37. The number of carboxylic acid groups (broad SMARTS) is 1. The Morgan fingerprint density at radius 3 is 2.53 bits per heavy atom. The zero-order chi connectivity index (χ0) is 21.2. The van der Waals surface area contributed by atoms with Crippen molar-refractivity contribution in [2.75, 3.05) is 32.8 Å². The van der Waals surface area contributed by atoms with E-state index < -0.39 is 5.97 Å². The summed E-state index contributed by atoms with van der Waals surface area (Å²) in [6, 6.07) is 16.5. The normalized spacial score (nSPS) is 15.2. The molecular weight excluding hydrogens is 378 g/mol. The Balaban J connectivity index is 1.72. The fourth-order valence-corrected chi connectivity index (χ4v) is 4.11. The van der Waals surface area contributed by atoms with E-state index in [9.17, 15) is 4.79 Å². The number of nitrogens with zero attached hydrogens (tertiary/aromatic N) is 1. The summed E-state index contributed by atoms with van der Waals surface area (Å²) in [7, 11) is 0. The molecule has 1 heterocycles.